The van der Waals surface area contributed by atoms with Gasteiger partial charge in [0.15, 0.2) is 24.8 Å². The molecule has 0 spiro atoms. The van der Waals surface area contributed by atoms with Crippen molar-refractivity contribution < 1.29 is 28.8 Å². The van der Waals surface area contributed by atoms with Crippen molar-refractivity contribution in [3.8, 4) is 23.0 Å². The molecule has 8 aromatic rings. The highest BCUT2D eigenvalue weighted by molar-refractivity contribution is 9.08. The summed E-state index contributed by atoms with van der Waals surface area (Å²) in [4.78, 5) is 0. The molecule has 1 aliphatic rings. The predicted molar refractivity (Wildman–Crippen MR) is 316 cm³/mol. The maximum Gasteiger partial charge on any atom is 0.169 e. The zero-order chi connectivity index (χ0) is 55.1. The molecule has 0 aliphatic heterocycles. The van der Waals surface area contributed by atoms with Crippen LogP contribution in [-0.2, 0) is 74.4 Å². The summed E-state index contributed by atoms with van der Waals surface area (Å²) in [6.45, 7) is 15.4. The van der Waals surface area contributed by atoms with Crippen molar-refractivity contribution in [2.45, 2.75) is 115 Å². The fourth-order valence-corrected chi connectivity index (χ4v) is 10.4. The fraction of sp³-hybridized carbons (Fsp3) is 0.344. The monoisotopic (exact) mass is 1170 g/mol. The van der Waals surface area contributed by atoms with Gasteiger partial charge in [-0.1, -0.05) is 132 Å². The van der Waals surface area contributed by atoms with Gasteiger partial charge in [-0.2, -0.15) is 0 Å². The number of phenols is 2. The van der Waals surface area contributed by atoms with E-state index in [2.05, 4.69) is 191 Å². The molecule has 1 aliphatic carbocycles. The van der Waals surface area contributed by atoms with Crippen LogP contribution >= 0.6 is 31.9 Å². The molecule has 0 saturated carbocycles. The molecular formula is C64H72Br2N8O4+2. The van der Waals surface area contributed by atoms with Crippen molar-refractivity contribution in [3.63, 3.8) is 0 Å². The van der Waals surface area contributed by atoms with Crippen LogP contribution < -0.4 is 18.6 Å². The third kappa shape index (κ3) is 14.0. The Morgan fingerprint density at radius 3 is 1.12 bits per heavy atom. The summed E-state index contributed by atoms with van der Waals surface area (Å²) in [6, 6.07) is 25.8. The Hall–Kier alpha value is -6.90. The summed E-state index contributed by atoms with van der Waals surface area (Å²) in [7, 11) is 4.03. The molecule has 2 N–H and O–H groups in total. The van der Waals surface area contributed by atoms with Gasteiger partial charge in [-0.3, -0.25) is 9.36 Å². The van der Waals surface area contributed by atoms with Crippen LogP contribution in [0.25, 0.3) is 24.3 Å². The average Bonchev–Trinajstić information content (AvgIpc) is 4.10. The maximum atomic E-state index is 12.9. The highest BCUT2D eigenvalue weighted by Gasteiger charge is 2.27. The number of ether oxygens (including phenoxy) is 2. The molecule has 9 rings (SSSR count). The van der Waals surface area contributed by atoms with Gasteiger partial charge in [-0.05, 0) is 113 Å². The lowest BCUT2D eigenvalue weighted by Gasteiger charge is -2.26. The smallest absolute Gasteiger partial charge is 0.169 e. The second-order valence-corrected chi connectivity index (χ2v) is 23.8. The van der Waals surface area contributed by atoms with Crippen LogP contribution in [0.2, 0.25) is 0 Å². The first-order valence-electron chi connectivity index (χ1n) is 26.8. The Bertz CT molecular complexity index is 3130. The van der Waals surface area contributed by atoms with Gasteiger partial charge in [0, 0.05) is 98.9 Å². The quantitative estimate of drug-likeness (QED) is 0.0556. The van der Waals surface area contributed by atoms with E-state index in [4.69, 9.17) is 9.47 Å². The van der Waals surface area contributed by atoms with E-state index < -0.39 is 0 Å². The summed E-state index contributed by atoms with van der Waals surface area (Å²) in [5.74, 6) is 1.97. The zero-order valence-corrected chi connectivity index (χ0v) is 49.4. The summed E-state index contributed by atoms with van der Waals surface area (Å²) >= 11 is 7.00. The van der Waals surface area contributed by atoms with E-state index in [-0.39, 0.29) is 22.3 Å². The van der Waals surface area contributed by atoms with Gasteiger partial charge in [0.05, 0.1) is 24.6 Å². The van der Waals surface area contributed by atoms with E-state index >= 15 is 0 Å². The van der Waals surface area contributed by atoms with Crippen molar-refractivity contribution >= 4 is 56.2 Å². The minimum Gasteiger partial charge on any atom is -0.507 e. The number of benzene rings is 4. The van der Waals surface area contributed by atoms with E-state index in [1.807, 2.05) is 69.8 Å². The molecule has 4 aromatic carbocycles. The lowest BCUT2D eigenvalue weighted by atomic mass is 9.81. The van der Waals surface area contributed by atoms with Crippen molar-refractivity contribution in [2.24, 2.45) is 14.1 Å². The van der Waals surface area contributed by atoms with Gasteiger partial charge in [-0.25, -0.2) is 9.13 Å². The summed E-state index contributed by atoms with van der Waals surface area (Å²) < 4.78 is 21.8. The number of rotatable bonds is 16. The second kappa shape index (κ2) is 24.4. The van der Waals surface area contributed by atoms with E-state index in [9.17, 15) is 10.2 Å². The van der Waals surface area contributed by atoms with Crippen molar-refractivity contribution in [1.29, 1.82) is 0 Å². The normalized spacial score (nSPS) is 12.9. The Kier molecular flexibility index (Phi) is 17.5. The number of nitrogens with zero attached hydrogens (tertiary/aromatic N) is 8. The largest absolute Gasteiger partial charge is 0.507 e. The van der Waals surface area contributed by atoms with Crippen LogP contribution in [0.15, 0.2) is 110 Å². The zero-order valence-electron chi connectivity index (χ0n) is 46.2. The van der Waals surface area contributed by atoms with Gasteiger partial charge in [0.25, 0.3) is 0 Å². The van der Waals surface area contributed by atoms with Crippen LogP contribution in [0.1, 0.15) is 144 Å². The first-order chi connectivity index (χ1) is 37.4. The number of alkyl halides is 2. The van der Waals surface area contributed by atoms with E-state index in [0.717, 1.165) is 101 Å². The highest BCUT2D eigenvalue weighted by Crippen LogP contribution is 2.43. The second-order valence-electron chi connectivity index (χ2n) is 22.7. The van der Waals surface area contributed by atoms with Gasteiger partial charge in [0.2, 0.25) is 0 Å². The highest BCUT2D eigenvalue weighted by atomic mass is 79.9. The molecule has 0 radical (unpaired) electrons. The molecule has 12 nitrogen and oxygen atoms in total. The van der Waals surface area contributed by atoms with Gasteiger partial charge >= 0.3 is 0 Å². The number of pyridine rings is 2. The number of hydrogen-bond donors (Lipinski definition) is 2. The summed E-state index contributed by atoms with van der Waals surface area (Å²) in [5, 5.41) is 44.2. The lowest BCUT2D eigenvalue weighted by molar-refractivity contribution is -0.671. The molecule has 0 atom stereocenters. The lowest BCUT2D eigenvalue weighted by Crippen LogP contribution is -2.25. The van der Waals surface area contributed by atoms with E-state index in [1.165, 1.54) is 0 Å². The van der Waals surface area contributed by atoms with Crippen molar-refractivity contribution in [1.82, 2.24) is 30.0 Å². The number of hydrogen-bond acceptors (Lipinski definition) is 8. The number of aryl methyl sites for hydroxylation is 4. The SMILES string of the molecule is C[n+]1ccc(/C=C/c2cc3c(O)c(c2)Cc2cc(C(C)(C)C)cc(c2OCCCn2cc(CBr)nn2)Cc2cc(/C=C/c4cc[n+](C)cc4)cc(c2O)Cc2cc(C(C)(C)C)cc(c2OCCCn2cc(CBr)nn2)C3)cc1. The summed E-state index contributed by atoms with van der Waals surface area (Å²) in [6.07, 6.45) is 23.5. The molecule has 4 aromatic heterocycles. The van der Waals surface area contributed by atoms with Crippen LogP contribution in [-0.4, -0.2) is 53.4 Å². The molecule has 14 heteroatoms. The molecule has 0 unspecified atom stereocenters. The van der Waals surface area contributed by atoms with Crippen LogP contribution in [0.5, 0.6) is 23.0 Å². The van der Waals surface area contributed by atoms with Crippen molar-refractivity contribution in [3.05, 3.63) is 199 Å². The number of fused-ring (bicyclic) bond motifs is 8. The Balaban J connectivity index is 1.24. The minimum atomic E-state index is -0.243. The number of phenolic OH excluding ortho intramolecular Hbond substituents is 2. The Labute approximate surface area is 476 Å². The Morgan fingerprint density at radius 1 is 0.500 bits per heavy atom. The molecule has 404 valence electrons. The number of halogens is 2. The maximum absolute atomic E-state index is 12.9. The standard InChI is InChI=1S/C64H70Br2N8O4/c1-63(2,3)55-35-51-31-47-27-45(13-11-43-15-21-71(7)22-16-43)29-49(59(47)75)33-53-37-56(64(4,5)6)38-54(62(53)78-26-10-20-74-42-58(40-66)68-70-74)34-50-30-46(14-12-44-17-23-72(8)24-18-44)28-48(60(50)76)32-52(36-55)61(51)77-25-9-19-73-41-57(39-65)67-69-73/h11-18,21-24,27-30,35-38,41-42H,9-10,19-20,25-26,31-34,39-40H2,1-8H3/p+2. The van der Waals surface area contributed by atoms with Gasteiger partial charge in [0.1, 0.15) is 37.1 Å². The van der Waals surface area contributed by atoms with Crippen LogP contribution in [0.4, 0.5) is 0 Å². The molecule has 0 saturated heterocycles. The number of aromatic nitrogens is 8. The predicted octanol–water partition coefficient (Wildman–Crippen LogP) is 12.3. The van der Waals surface area contributed by atoms with E-state index in [0.29, 0.717) is 75.5 Å². The third-order valence-electron chi connectivity index (χ3n) is 14.3. The Morgan fingerprint density at radius 2 is 0.821 bits per heavy atom. The van der Waals surface area contributed by atoms with Crippen LogP contribution in [0, 0.1) is 0 Å². The molecule has 0 amide bonds. The van der Waals surface area contributed by atoms with Gasteiger partial charge < -0.3 is 19.7 Å². The molecular weight excluding hydrogens is 1100 g/mol. The molecule has 8 bridgehead atoms. The molecule has 78 heavy (non-hydrogen) atoms. The topological polar surface area (TPSA) is 128 Å². The molecule has 0 fully saturated rings. The van der Waals surface area contributed by atoms with Crippen molar-refractivity contribution in [2.75, 3.05) is 13.2 Å². The van der Waals surface area contributed by atoms with Gasteiger partial charge in [-0.15, -0.1) is 10.2 Å². The first kappa shape index (κ1) is 55.8. The summed E-state index contributed by atoms with van der Waals surface area (Å²) in [5.41, 5.74) is 14.5. The van der Waals surface area contributed by atoms with Crippen LogP contribution in [0.3, 0.4) is 0 Å². The number of aromatic hydroxyl groups is 2. The minimum absolute atomic E-state index is 0.238. The average molecular weight is 1180 g/mol. The van der Waals surface area contributed by atoms with E-state index in [1.54, 1.807) is 0 Å². The molecule has 4 heterocycles. The first-order valence-corrected chi connectivity index (χ1v) is 29.1. The fourth-order valence-electron chi connectivity index (χ4n) is 9.85. The third-order valence-corrected chi connectivity index (χ3v) is 15.4.